The number of ketones is 3. The summed E-state index contributed by atoms with van der Waals surface area (Å²) in [4.78, 5) is 43.1. The van der Waals surface area contributed by atoms with E-state index in [2.05, 4.69) is 26.8 Å². The van der Waals surface area contributed by atoms with Crippen molar-refractivity contribution in [1.82, 2.24) is 0 Å². The molecule has 1 rings (SSSR count). The highest BCUT2D eigenvalue weighted by atomic mass is 16.1. The predicted octanol–water partition coefficient (Wildman–Crippen LogP) is 4.21. The summed E-state index contributed by atoms with van der Waals surface area (Å²) < 4.78 is 0. The van der Waals surface area contributed by atoms with E-state index in [0.29, 0.717) is 26.1 Å². The normalized spacial score (nSPS) is 9.93. The fourth-order valence-corrected chi connectivity index (χ4v) is 1.69. The molecule has 0 fully saturated rings. The van der Waals surface area contributed by atoms with E-state index in [9.17, 15) is 14.4 Å². The number of carbonyl (C=O) groups is 3. The molecule has 0 aliphatic heterocycles. The topological polar surface area (TPSA) is 88.3 Å². The van der Waals surface area contributed by atoms with Crippen LogP contribution >= 0.6 is 0 Å². The Morgan fingerprint density at radius 1 is 0.867 bits per heavy atom. The number of carbonyl (C=O) groups excluding carboxylic acids is 3. The van der Waals surface area contributed by atoms with Gasteiger partial charge >= 0.3 is 0 Å². The summed E-state index contributed by atoms with van der Waals surface area (Å²) in [7, 11) is 0. The van der Waals surface area contributed by atoms with E-state index in [1.807, 2.05) is 45.0 Å². The third kappa shape index (κ3) is 21.1. The van der Waals surface area contributed by atoms with E-state index in [0.717, 1.165) is 11.1 Å². The molecule has 0 saturated carbocycles. The van der Waals surface area contributed by atoms with Crippen LogP contribution in [0.5, 0.6) is 0 Å². The number of aliphatic imine (C=N–C) groups is 3. The van der Waals surface area contributed by atoms with Gasteiger partial charge in [-0.2, -0.15) is 0 Å². The Morgan fingerprint density at radius 3 is 1.87 bits per heavy atom. The first kappa shape index (κ1) is 29.0. The summed E-state index contributed by atoms with van der Waals surface area (Å²) in [5.74, 6) is 5.16. The molecule has 0 atom stereocenters. The zero-order chi connectivity index (χ0) is 23.2. The molecule has 0 saturated heterocycles. The molecule has 0 aliphatic carbocycles. The van der Waals surface area contributed by atoms with E-state index >= 15 is 0 Å². The molecule has 0 radical (unpaired) electrons. The van der Waals surface area contributed by atoms with E-state index in [1.165, 1.54) is 6.92 Å². The minimum atomic E-state index is -0.110. The maximum Gasteiger partial charge on any atom is 0.202 e. The summed E-state index contributed by atoms with van der Waals surface area (Å²) >= 11 is 0. The summed E-state index contributed by atoms with van der Waals surface area (Å²) in [5, 5.41) is 0. The molecule has 162 valence electrons. The molecule has 0 bridgehead atoms. The monoisotopic (exact) mass is 411 g/mol. The first-order chi connectivity index (χ1) is 14.3. The van der Waals surface area contributed by atoms with Crippen LogP contribution in [0.2, 0.25) is 0 Å². The highest BCUT2D eigenvalue weighted by Gasteiger charge is 1.97. The molecule has 0 N–H and O–H groups in total. The van der Waals surface area contributed by atoms with Crippen LogP contribution in [0.4, 0.5) is 0 Å². The number of Topliss-reactive ketones (excluding diaryl/α,β-unsaturated/α-hetero) is 3. The van der Waals surface area contributed by atoms with Crippen molar-refractivity contribution in [2.75, 3.05) is 13.1 Å². The number of nitrogens with zero attached hydrogens (tertiary/aromatic N) is 3. The Balaban J connectivity index is 0. The first-order valence-electron chi connectivity index (χ1n) is 9.70. The van der Waals surface area contributed by atoms with Gasteiger partial charge in [-0.3, -0.25) is 29.4 Å². The largest absolute Gasteiger partial charge is 0.300 e. The second kappa shape index (κ2) is 20.5. The molecule has 6 nitrogen and oxygen atoms in total. The predicted molar refractivity (Wildman–Crippen MR) is 126 cm³/mol. The lowest BCUT2D eigenvalue weighted by molar-refractivity contribution is -0.116. The van der Waals surface area contributed by atoms with Crippen LogP contribution < -0.4 is 0 Å². The zero-order valence-corrected chi connectivity index (χ0v) is 18.9. The third-order valence-electron chi connectivity index (χ3n) is 3.21. The average Bonchev–Trinajstić information content (AvgIpc) is 2.71. The molecule has 0 heterocycles. The molecule has 0 unspecified atom stereocenters. The van der Waals surface area contributed by atoms with Crippen molar-refractivity contribution in [3.8, 4) is 11.8 Å². The van der Waals surface area contributed by atoms with Crippen molar-refractivity contribution in [3.63, 3.8) is 0 Å². The Morgan fingerprint density at radius 2 is 1.43 bits per heavy atom. The van der Waals surface area contributed by atoms with E-state index in [1.54, 1.807) is 32.5 Å². The molecule has 1 aromatic rings. The Bertz CT molecular complexity index is 780. The maximum atomic E-state index is 10.9. The van der Waals surface area contributed by atoms with Crippen LogP contribution in [-0.2, 0) is 16.1 Å². The minimum Gasteiger partial charge on any atom is -0.300 e. The standard InChI is InChI=1S/C11H13NO.C7H9NO.C6H11NO/c1-3-12-8-10-4-6-11(7-5-10)9(2)13;1-3-8-6-4-5-7(2)9;1-3-7-5-4-6(2)8/h3-7H,8H2,1-2H3;3H,6H2,1-2H3;3H,4-5H2,1-2H3. The van der Waals surface area contributed by atoms with Crippen LogP contribution in [-0.4, -0.2) is 49.1 Å². The number of hydrogen-bond donors (Lipinski definition) is 0. The van der Waals surface area contributed by atoms with Gasteiger partial charge in [-0.1, -0.05) is 30.2 Å². The van der Waals surface area contributed by atoms with Crippen LogP contribution in [0.25, 0.3) is 0 Å². The van der Waals surface area contributed by atoms with E-state index < -0.39 is 0 Å². The Hall–Kier alpha value is -3.20. The van der Waals surface area contributed by atoms with Crippen LogP contribution in [0.3, 0.4) is 0 Å². The lowest BCUT2D eigenvalue weighted by Gasteiger charge is -1.97. The molecular formula is C24H33N3O3. The van der Waals surface area contributed by atoms with Gasteiger partial charge in [-0.25, -0.2) is 0 Å². The summed E-state index contributed by atoms with van der Waals surface area (Å²) in [6, 6.07) is 7.54. The molecule has 0 aliphatic rings. The van der Waals surface area contributed by atoms with Crippen LogP contribution in [0, 0.1) is 11.8 Å². The second-order valence-corrected chi connectivity index (χ2v) is 5.93. The van der Waals surface area contributed by atoms with Crippen molar-refractivity contribution < 1.29 is 14.4 Å². The quantitative estimate of drug-likeness (QED) is 0.291. The van der Waals surface area contributed by atoms with Crippen molar-refractivity contribution in [3.05, 3.63) is 35.4 Å². The van der Waals surface area contributed by atoms with Gasteiger partial charge in [0.2, 0.25) is 5.78 Å². The van der Waals surface area contributed by atoms with Crippen LogP contribution in [0.15, 0.2) is 39.2 Å². The fraction of sp³-hybridized carbons (Fsp3) is 0.417. The molecule has 0 spiro atoms. The average molecular weight is 412 g/mol. The van der Waals surface area contributed by atoms with Gasteiger partial charge in [0.15, 0.2) is 5.78 Å². The highest BCUT2D eigenvalue weighted by Crippen LogP contribution is 2.05. The zero-order valence-electron chi connectivity index (χ0n) is 18.9. The lowest BCUT2D eigenvalue weighted by Crippen LogP contribution is -1.91. The van der Waals surface area contributed by atoms with E-state index in [-0.39, 0.29) is 17.3 Å². The molecule has 1 aromatic carbocycles. The molecule has 30 heavy (non-hydrogen) atoms. The number of rotatable bonds is 7. The first-order valence-corrected chi connectivity index (χ1v) is 9.70. The SMILES string of the molecule is CC=NCC#CC(C)=O.CC=NCCC(C)=O.CC=NCc1ccc(C(C)=O)cc1. The van der Waals surface area contributed by atoms with Crippen molar-refractivity contribution in [1.29, 1.82) is 0 Å². The highest BCUT2D eigenvalue weighted by molar-refractivity contribution is 5.94. The van der Waals surface area contributed by atoms with Crippen molar-refractivity contribution in [2.45, 2.75) is 54.5 Å². The van der Waals surface area contributed by atoms with Gasteiger partial charge in [0.25, 0.3) is 0 Å². The van der Waals surface area contributed by atoms with Gasteiger partial charge < -0.3 is 0 Å². The number of benzene rings is 1. The van der Waals surface area contributed by atoms with Gasteiger partial charge in [0, 0.05) is 25.5 Å². The van der Waals surface area contributed by atoms with Gasteiger partial charge in [-0.15, -0.1) is 0 Å². The Labute approximate surface area is 180 Å². The third-order valence-corrected chi connectivity index (χ3v) is 3.21. The van der Waals surface area contributed by atoms with Crippen molar-refractivity contribution in [2.24, 2.45) is 15.0 Å². The second-order valence-electron chi connectivity index (χ2n) is 5.93. The smallest absolute Gasteiger partial charge is 0.202 e. The molecular weight excluding hydrogens is 378 g/mol. The summed E-state index contributed by atoms with van der Waals surface area (Å²) in [6.07, 6.45) is 5.72. The van der Waals surface area contributed by atoms with Gasteiger partial charge in [0.1, 0.15) is 5.78 Å². The maximum absolute atomic E-state index is 10.9. The molecule has 6 heteroatoms. The molecule has 0 aromatic heterocycles. The number of hydrogen-bond acceptors (Lipinski definition) is 6. The van der Waals surface area contributed by atoms with E-state index in [4.69, 9.17) is 0 Å². The van der Waals surface area contributed by atoms with Crippen molar-refractivity contribution >= 4 is 36.0 Å². The van der Waals surface area contributed by atoms with Gasteiger partial charge in [0.05, 0.1) is 13.1 Å². The lowest BCUT2D eigenvalue weighted by atomic mass is 10.1. The minimum absolute atomic E-state index is 0.102. The summed E-state index contributed by atoms with van der Waals surface area (Å²) in [5.41, 5.74) is 1.88. The van der Waals surface area contributed by atoms with Gasteiger partial charge in [-0.05, 0) is 64.7 Å². The Kier molecular flexibility index (Phi) is 19.9. The molecule has 0 amide bonds. The summed E-state index contributed by atoms with van der Waals surface area (Å²) in [6.45, 7) is 11.9. The fourth-order valence-electron chi connectivity index (χ4n) is 1.69. The van der Waals surface area contributed by atoms with Crippen LogP contribution in [0.1, 0.15) is 63.9 Å².